The number of nitrogens with one attached hydrogen (secondary N) is 1. The third-order valence-corrected chi connectivity index (χ3v) is 4.02. The topological polar surface area (TPSA) is 49.9 Å². The van der Waals surface area contributed by atoms with Gasteiger partial charge in [-0.2, -0.15) is 0 Å². The van der Waals surface area contributed by atoms with Gasteiger partial charge in [0.2, 0.25) is 0 Å². The lowest BCUT2D eigenvalue weighted by Gasteiger charge is -2.04. The van der Waals surface area contributed by atoms with Crippen LogP contribution in [0.5, 0.6) is 0 Å². The number of rotatable bonds is 4. The van der Waals surface area contributed by atoms with Crippen LogP contribution in [-0.2, 0) is 5.75 Å². The summed E-state index contributed by atoms with van der Waals surface area (Å²) in [5.74, 6) is 1.02. The van der Waals surface area contributed by atoms with Gasteiger partial charge in [0.25, 0.3) is 0 Å². The van der Waals surface area contributed by atoms with Gasteiger partial charge in [-0.3, -0.25) is 5.41 Å². The number of thioether (sulfide) groups is 1. The first-order valence-corrected chi connectivity index (χ1v) is 7.25. The van der Waals surface area contributed by atoms with E-state index in [4.69, 9.17) is 11.1 Å². The summed E-state index contributed by atoms with van der Waals surface area (Å²) in [6.45, 7) is 0. The van der Waals surface area contributed by atoms with Crippen LogP contribution in [-0.4, -0.2) is 5.84 Å². The summed E-state index contributed by atoms with van der Waals surface area (Å²) in [7, 11) is 0. The number of nitrogen functional groups attached to an aromatic ring is 1. The zero-order chi connectivity index (χ0) is 13.0. The minimum Gasteiger partial charge on any atom is -0.384 e. The molecule has 2 nitrogen and oxygen atoms in total. The molecule has 0 amide bonds. The average molecular weight is 321 g/mol. The first kappa shape index (κ1) is 13.2. The number of halogens is 1. The number of hydrogen-bond donors (Lipinski definition) is 2. The maximum Gasteiger partial charge on any atom is 0.122 e. The summed E-state index contributed by atoms with van der Waals surface area (Å²) in [6, 6.07) is 16.1. The third kappa shape index (κ3) is 3.62. The lowest BCUT2D eigenvalue weighted by Crippen LogP contribution is -2.10. The van der Waals surface area contributed by atoms with Crippen molar-refractivity contribution in [3.05, 3.63) is 64.1 Å². The highest BCUT2D eigenvalue weighted by Gasteiger charge is 1.99. The maximum absolute atomic E-state index is 7.33. The highest BCUT2D eigenvalue weighted by atomic mass is 79.9. The molecular formula is C14H13BrN2S. The van der Waals surface area contributed by atoms with E-state index >= 15 is 0 Å². The SMILES string of the molecule is N=C(N)c1ccc(CSc2cccc(Br)c2)cc1. The van der Waals surface area contributed by atoms with Crippen molar-refractivity contribution in [2.45, 2.75) is 10.6 Å². The Labute approximate surface area is 119 Å². The minimum absolute atomic E-state index is 0.112. The number of hydrogen-bond acceptors (Lipinski definition) is 2. The molecule has 0 bridgehead atoms. The molecule has 0 aromatic heterocycles. The van der Waals surface area contributed by atoms with E-state index in [2.05, 4.69) is 28.1 Å². The Bertz CT molecular complexity index is 552. The van der Waals surface area contributed by atoms with Crippen molar-refractivity contribution >= 4 is 33.5 Å². The molecule has 0 radical (unpaired) electrons. The molecule has 92 valence electrons. The Morgan fingerprint density at radius 3 is 2.50 bits per heavy atom. The van der Waals surface area contributed by atoms with Crippen LogP contribution in [0.2, 0.25) is 0 Å². The fraction of sp³-hybridized carbons (Fsp3) is 0.0714. The molecular weight excluding hydrogens is 308 g/mol. The highest BCUT2D eigenvalue weighted by Crippen LogP contribution is 2.25. The predicted octanol–water partition coefficient (Wildman–Crippen LogP) is 4.03. The van der Waals surface area contributed by atoms with Gasteiger partial charge in [0.1, 0.15) is 5.84 Å². The van der Waals surface area contributed by atoms with E-state index in [9.17, 15) is 0 Å². The lowest BCUT2D eigenvalue weighted by molar-refractivity contribution is 1.36. The zero-order valence-corrected chi connectivity index (χ0v) is 12.1. The van der Waals surface area contributed by atoms with Crippen LogP contribution in [0, 0.1) is 5.41 Å². The van der Waals surface area contributed by atoms with Crippen LogP contribution in [0.4, 0.5) is 0 Å². The van der Waals surface area contributed by atoms with Crippen LogP contribution in [0.1, 0.15) is 11.1 Å². The Hall–Kier alpha value is -1.26. The van der Waals surface area contributed by atoms with Crippen LogP contribution in [0.15, 0.2) is 57.9 Å². The van der Waals surface area contributed by atoms with Gasteiger partial charge in [0.05, 0.1) is 0 Å². The molecule has 18 heavy (non-hydrogen) atoms. The van der Waals surface area contributed by atoms with E-state index in [1.807, 2.05) is 36.4 Å². The Morgan fingerprint density at radius 2 is 1.89 bits per heavy atom. The number of nitrogens with two attached hydrogens (primary N) is 1. The lowest BCUT2D eigenvalue weighted by atomic mass is 10.1. The third-order valence-electron chi connectivity index (χ3n) is 2.47. The Morgan fingerprint density at radius 1 is 1.17 bits per heavy atom. The van der Waals surface area contributed by atoms with Gasteiger partial charge >= 0.3 is 0 Å². The van der Waals surface area contributed by atoms with Crippen molar-refractivity contribution in [3.63, 3.8) is 0 Å². The Balaban J connectivity index is 2.00. The van der Waals surface area contributed by atoms with Gasteiger partial charge in [0, 0.05) is 20.7 Å². The van der Waals surface area contributed by atoms with Crippen LogP contribution < -0.4 is 5.73 Å². The second-order valence-corrected chi connectivity index (χ2v) is 5.82. The van der Waals surface area contributed by atoms with Crippen LogP contribution in [0.3, 0.4) is 0 Å². The first-order valence-electron chi connectivity index (χ1n) is 5.47. The normalized spacial score (nSPS) is 10.3. The molecule has 0 spiro atoms. The molecule has 0 fully saturated rings. The zero-order valence-electron chi connectivity index (χ0n) is 9.69. The van der Waals surface area contributed by atoms with Crippen molar-refractivity contribution in [2.24, 2.45) is 5.73 Å². The smallest absolute Gasteiger partial charge is 0.122 e. The summed E-state index contributed by atoms with van der Waals surface area (Å²) in [5, 5.41) is 7.33. The largest absolute Gasteiger partial charge is 0.384 e. The fourth-order valence-electron chi connectivity index (χ4n) is 1.50. The van der Waals surface area contributed by atoms with E-state index in [0.29, 0.717) is 0 Å². The first-order chi connectivity index (χ1) is 8.65. The molecule has 0 heterocycles. The fourth-order valence-corrected chi connectivity index (χ4v) is 2.97. The quantitative estimate of drug-likeness (QED) is 0.507. The number of amidine groups is 1. The van der Waals surface area contributed by atoms with E-state index in [0.717, 1.165) is 15.8 Å². The van der Waals surface area contributed by atoms with E-state index < -0.39 is 0 Å². The van der Waals surface area contributed by atoms with Crippen molar-refractivity contribution < 1.29 is 0 Å². The van der Waals surface area contributed by atoms with Crippen molar-refractivity contribution in [3.8, 4) is 0 Å². The minimum atomic E-state index is 0.112. The predicted molar refractivity (Wildman–Crippen MR) is 81.2 cm³/mol. The van der Waals surface area contributed by atoms with Crippen molar-refractivity contribution in [1.82, 2.24) is 0 Å². The molecule has 0 saturated carbocycles. The molecule has 4 heteroatoms. The molecule has 0 aliphatic heterocycles. The molecule has 0 atom stereocenters. The molecule has 0 aliphatic rings. The molecule has 0 aliphatic carbocycles. The summed E-state index contributed by atoms with van der Waals surface area (Å²) >= 11 is 5.25. The molecule has 2 aromatic rings. The maximum atomic E-state index is 7.33. The summed E-state index contributed by atoms with van der Waals surface area (Å²) < 4.78 is 1.10. The molecule has 0 unspecified atom stereocenters. The molecule has 2 rings (SSSR count). The van der Waals surface area contributed by atoms with Gasteiger partial charge < -0.3 is 5.73 Å². The van der Waals surface area contributed by atoms with Crippen molar-refractivity contribution in [1.29, 1.82) is 5.41 Å². The summed E-state index contributed by atoms with van der Waals surface area (Å²) in [5.41, 5.74) is 7.41. The number of benzene rings is 2. The van der Waals surface area contributed by atoms with Crippen molar-refractivity contribution in [2.75, 3.05) is 0 Å². The monoisotopic (exact) mass is 320 g/mol. The molecule has 2 aromatic carbocycles. The van der Waals surface area contributed by atoms with E-state index in [1.165, 1.54) is 10.5 Å². The van der Waals surface area contributed by atoms with Crippen LogP contribution in [0.25, 0.3) is 0 Å². The van der Waals surface area contributed by atoms with Gasteiger partial charge in [-0.25, -0.2) is 0 Å². The summed E-state index contributed by atoms with van der Waals surface area (Å²) in [4.78, 5) is 1.24. The van der Waals surface area contributed by atoms with Crippen LogP contribution >= 0.6 is 27.7 Å². The van der Waals surface area contributed by atoms with Gasteiger partial charge in [-0.15, -0.1) is 11.8 Å². The Kier molecular flexibility index (Phi) is 4.44. The summed E-state index contributed by atoms with van der Waals surface area (Å²) in [6.07, 6.45) is 0. The van der Waals surface area contributed by atoms with E-state index in [-0.39, 0.29) is 5.84 Å². The van der Waals surface area contributed by atoms with E-state index in [1.54, 1.807) is 11.8 Å². The molecule has 3 N–H and O–H groups in total. The second-order valence-electron chi connectivity index (χ2n) is 3.86. The standard InChI is InChI=1S/C14H13BrN2S/c15-12-2-1-3-13(8-12)18-9-10-4-6-11(7-5-10)14(16)17/h1-8H,9H2,(H3,16,17). The highest BCUT2D eigenvalue weighted by molar-refractivity contribution is 9.10. The van der Waals surface area contributed by atoms with Gasteiger partial charge in [0.15, 0.2) is 0 Å². The molecule has 0 saturated heterocycles. The second kappa shape index (κ2) is 6.07. The van der Waals surface area contributed by atoms with Gasteiger partial charge in [-0.05, 0) is 23.8 Å². The average Bonchev–Trinajstić information content (AvgIpc) is 2.37. The van der Waals surface area contributed by atoms with Gasteiger partial charge in [-0.1, -0.05) is 46.3 Å².